The van der Waals surface area contributed by atoms with Gasteiger partial charge in [-0.15, -0.1) is 11.3 Å². The molecule has 28 heavy (non-hydrogen) atoms. The minimum atomic E-state index is -0.0226. The molecule has 0 saturated carbocycles. The highest BCUT2D eigenvalue weighted by Gasteiger charge is 2.48. The molecule has 2 saturated heterocycles. The Hall–Kier alpha value is -2.51. The molecule has 2 aromatic heterocycles. The van der Waals surface area contributed by atoms with Crippen LogP contribution in [0.5, 0.6) is 0 Å². The molecule has 2 fully saturated rings. The van der Waals surface area contributed by atoms with Gasteiger partial charge in [0.15, 0.2) is 4.96 Å². The van der Waals surface area contributed by atoms with Crippen molar-refractivity contribution in [3.05, 3.63) is 69.6 Å². The molecule has 1 amide bonds. The fourth-order valence-electron chi connectivity index (χ4n) is 4.87. The lowest BCUT2D eigenvalue weighted by Crippen LogP contribution is -2.34. The van der Waals surface area contributed by atoms with Gasteiger partial charge in [-0.05, 0) is 11.5 Å². The Morgan fingerprint density at radius 2 is 2.04 bits per heavy atom. The van der Waals surface area contributed by atoms with Crippen molar-refractivity contribution in [3.63, 3.8) is 0 Å². The molecule has 0 unspecified atom stereocenters. The first-order valence-corrected chi connectivity index (χ1v) is 10.5. The second-order valence-electron chi connectivity index (χ2n) is 7.79. The zero-order valence-corrected chi connectivity index (χ0v) is 16.5. The zero-order chi connectivity index (χ0) is 19.3. The van der Waals surface area contributed by atoms with Gasteiger partial charge < -0.3 is 4.90 Å². The van der Waals surface area contributed by atoms with Gasteiger partial charge in [0.2, 0.25) is 5.91 Å². The minimum Gasteiger partial charge on any atom is -0.335 e. The number of fused-ring (bicyclic) bond motifs is 2. The summed E-state index contributed by atoms with van der Waals surface area (Å²) in [6, 6.07) is 12.1. The molecule has 6 nitrogen and oxygen atoms in total. The normalized spacial score (nSPS) is 24.8. The van der Waals surface area contributed by atoms with Gasteiger partial charge in [0, 0.05) is 56.7 Å². The lowest BCUT2D eigenvalue weighted by atomic mass is 9.89. The van der Waals surface area contributed by atoms with Crippen molar-refractivity contribution in [2.45, 2.75) is 19.5 Å². The number of hydrogen-bond donors (Lipinski definition) is 0. The predicted octanol–water partition coefficient (Wildman–Crippen LogP) is 2.41. The molecular formula is C21H22N4O2S. The monoisotopic (exact) mass is 394 g/mol. The van der Waals surface area contributed by atoms with Crippen LogP contribution in [0.25, 0.3) is 4.96 Å². The second-order valence-corrected chi connectivity index (χ2v) is 8.66. The maximum Gasteiger partial charge on any atom is 0.258 e. The van der Waals surface area contributed by atoms with Gasteiger partial charge in [0.25, 0.3) is 5.56 Å². The number of thiazole rings is 1. The van der Waals surface area contributed by atoms with Crippen molar-refractivity contribution in [2.24, 2.45) is 11.8 Å². The number of aromatic nitrogens is 2. The van der Waals surface area contributed by atoms with Crippen molar-refractivity contribution in [3.8, 4) is 0 Å². The second kappa shape index (κ2) is 6.83. The standard InChI is InChI=1S/C21H22N4O2S/c1-14(26)25-11-16-10-23(13-18(16)20(25)15-5-3-2-4-6-15)12-17-9-19(27)24-7-8-28-21(24)22-17/h2-9,16,18,20H,10-13H2,1H3/t16-,18-,20-/m1/s1. The largest absolute Gasteiger partial charge is 0.335 e. The number of nitrogens with zero attached hydrogens (tertiary/aromatic N) is 4. The van der Waals surface area contributed by atoms with E-state index in [2.05, 4.69) is 22.0 Å². The Morgan fingerprint density at radius 3 is 2.82 bits per heavy atom. The van der Waals surface area contributed by atoms with E-state index >= 15 is 0 Å². The van der Waals surface area contributed by atoms with Crippen molar-refractivity contribution in [2.75, 3.05) is 19.6 Å². The molecule has 3 atom stereocenters. The number of carbonyl (C=O) groups is 1. The molecule has 144 valence electrons. The number of carbonyl (C=O) groups excluding carboxylic acids is 1. The Labute approximate surface area is 167 Å². The maximum atomic E-state index is 12.3. The average Bonchev–Trinajstić information content (AvgIpc) is 3.36. The highest BCUT2D eigenvalue weighted by atomic mass is 32.1. The highest BCUT2D eigenvalue weighted by molar-refractivity contribution is 7.15. The van der Waals surface area contributed by atoms with Crippen LogP contribution in [0, 0.1) is 11.8 Å². The summed E-state index contributed by atoms with van der Waals surface area (Å²) in [4.78, 5) is 34.3. The van der Waals surface area contributed by atoms with Crippen LogP contribution in [-0.4, -0.2) is 44.7 Å². The van der Waals surface area contributed by atoms with Crippen LogP contribution in [0.3, 0.4) is 0 Å². The fourth-order valence-corrected chi connectivity index (χ4v) is 5.60. The molecule has 0 aliphatic carbocycles. The Morgan fingerprint density at radius 1 is 1.21 bits per heavy atom. The quantitative estimate of drug-likeness (QED) is 0.685. The fraction of sp³-hybridized carbons (Fsp3) is 0.381. The van der Waals surface area contributed by atoms with E-state index in [-0.39, 0.29) is 17.5 Å². The van der Waals surface area contributed by atoms with E-state index in [0.717, 1.165) is 30.3 Å². The molecule has 2 aliphatic rings. The van der Waals surface area contributed by atoms with Gasteiger partial charge in [0.05, 0.1) is 11.7 Å². The Kier molecular flexibility index (Phi) is 4.29. The van der Waals surface area contributed by atoms with Crippen LogP contribution in [0.4, 0.5) is 0 Å². The summed E-state index contributed by atoms with van der Waals surface area (Å²) in [6.07, 6.45) is 1.76. The number of benzene rings is 1. The molecule has 1 aromatic carbocycles. The van der Waals surface area contributed by atoms with E-state index < -0.39 is 0 Å². The summed E-state index contributed by atoms with van der Waals surface area (Å²) in [6.45, 7) is 5.00. The maximum absolute atomic E-state index is 12.3. The van der Waals surface area contributed by atoms with E-state index in [0.29, 0.717) is 18.4 Å². The molecular weight excluding hydrogens is 372 g/mol. The van der Waals surface area contributed by atoms with Gasteiger partial charge in [-0.25, -0.2) is 4.98 Å². The number of amides is 1. The Balaban J connectivity index is 1.38. The Bertz CT molecular complexity index is 1080. The number of likely N-dealkylation sites (tertiary alicyclic amines) is 2. The van der Waals surface area contributed by atoms with Crippen molar-refractivity contribution in [1.82, 2.24) is 19.2 Å². The molecule has 0 spiro atoms. The van der Waals surface area contributed by atoms with Gasteiger partial charge >= 0.3 is 0 Å². The third-order valence-corrected chi connectivity index (χ3v) is 6.78. The van der Waals surface area contributed by atoms with Crippen molar-refractivity contribution < 1.29 is 4.79 Å². The summed E-state index contributed by atoms with van der Waals surface area (Å²) >= 11 is 1.48. The van der Waals surface area contributed by atoms with Gasteiger partial charge in [0.1, 0.15) is 0 Å². The third-order valence-electron chi connectivity index (χ3n) is 6.03. The first kappa shape index (κ1) is 17.6. The van der Waals surface area contributed by atoms with E-state index in [1.165, 1.54) is 16.9 Å². The number of rotatable bonds is 3. The SMILES string of the molecule is CC(=O)N1C[C@H]2CN(Cc3cc(=O)n4ccsc4n3)C[C@H]2[C@H]1c1ccccc1. The molecule has 7 heteroatoms. The smallest absolute Gasteiger partial charge is 0.258 e. The molecule has 0 N–H and O–H groups in total. The molecule has 4 heterocycles. The topological polar surface area (TPSA) is 57.9 Å². The minimum absolute atomic E-state index is 0.0226. The van der Waals surface area contributed by atoms with Crippen LogP contribution in [0.15, 0.2) is 52.8 Å². The van der Waals surface area contributed by atoms with Crippen molar-refractivity contribution in [1.29, 1.82) is 0 Å². The number of hydrogen-bond acceptors (Lipinski definition) is 5. The summed E-state index contributed by atoms with van der Waals surface area (Å²) in [5.41, 5.74) is 2.01. The lowest BCUT2D eigenvalue weighted by molar-refractivity contribution is -0.130. The van der Waals surface area contributed by atoms with Gasteiger partial charge in [-0.3, -0.25) is 18.9 Å². The van der Waals surface area contributed by atoms with E-state index in [1.807, 2.05) is 28.5 Å². The van der Waals surface area contributed by atoms with Crippen LogP contribution < -0.4 is 5.56 Å². The van der Waals surface area contributed by atoms with Crippen LogP contribution in [0.1, 0.15) is 24.2 Å². The van der Waals surface area contributed by atoms with Crippen molar-refractivity contribution >= 4 is 22.2 Å². The molecule has 5 rings (SSSR count). The van der Waals surface area contributed by atoms with Gasteiger partial charge in [-0.2, -0.15) is 0 Å². The van der Waals surface area contributed by atoms with E-state index in [1.54, 1.807) is 23.6 Å². The molecule has 0 bridgehead atoms. The third kappa shape index (κ3) is 2.95. The molecule has 2 aliphatic heterocycles. The average molecular weight is 395 g/mol. The van der Waals surface area contributed by atoms with E-state index in [4.69, 9.17) is 0 Å². The zero-order valence-electron chi connectivity index (χ0n) is 15.7. The van der Waals surface area contributed by atoms with E-state index in [9.17, 15) is 9.59 Å². The summed E-state index contributed by atoms with van der Waals surface area (Å²) in [7, 11) is 0. The summed E-state index contributed by atoms with van der Waals surface area (Å²) < 4.78 is 1.59. The highest BCUT2D eigenvalue weighted by Crippen LogP contribution is 2.45. The van der Waals surface area contributed by atoms with Crippen LogP contribution in [-0.2, 0) is 11.3 Å². The predicted molar refractivity (Wildman–Crippen MR) is 108 cm³/mol. The first-order chi connectivity index (χ1) is 13.6. The molecule has 0 radical (unpaired) electrons. The van der Waals surface area contributed by atoms with Gasteiger partial charge in [-0.1, -0.05) is 30.3 Å². The van der Waals surface area contributed by atoms with Crippen LogP contribution >= 0.6 is 11.3 Å². The first-order valence-electron chi connectivity index (χ1n) is 9.60. The summed E-state index contributed by atoms with van der Waals surface area (Å²) in [5.74, 6) is 1.02. The summed E-state index contributed by atoms with van der Waals surface area (Å²) in [5, 5.41) is 1.88. The lowest BCUT2D eigenvalue weighted by Gasteiger charge is -2.29. The molecule has 3 aromatic rings. The van der Waals surface area contributed by atoms with Crippen LogP contribution in [0.2, 0.25) is 0 Å².